The van der Waals surface area contributed by atoms with Gasteiger partial charge >= 0.3 is 0 Å². The number of aliphatic hydroxyl groups is 5. The van der Waals surface area contributed by atoms with Crippen molar-refractivity contribution in [1.29, 1.82) is 0 Å². The molecule has 6 atom stereocenters. The van der Waals surface area contributed by atoms with Gasteiger partial charge in [0, 0.05) is 13.1 Å². The van der Waals surface area contributed by atoms with Gasteiger partial charge in [-0.25, -0.2) is 0 Å². The average molecular weight is 730 g/mol. The molecule has 0 saturated carbocycles. The third-order valence-corrected chi connectivity index (χ3v) is 10.7. The van der Waals surface area contributed by atoms with Gasteiger partial charge < -0.3 is 39.9 Å². The minimum absolute atomic E-state index is 0.0146. The maximum absolute atomic E-state index is 13.4. The monoisotopic (exact) mass is 730 g/mol. The molecule has 0 aromatic heterocycles. The van der Waals surface area contributed by atoms with Crippen LogP contribution in [0.3, 0.4) is 0 Å². The van der Waals surface area contributed by atoms with Crippen molar-refractivity contribution in [1.82, 2.24) is 4.90 Å². The fraction of sp³-hybridized carbons (Fsp3) is 0.976. The van der Waals surface area contributed by atoms with Crippen molar-refractivity contribution in [3.8, 4) is 0 Å². The Morgan fingerprint density at radius 2 is 1.06 bits per heavy atom. The summed E-state index contributed by atoms with van der Waals surface area (Å²) < 4.78 is 11.2. The molecule has 1 aliphatic rings. The topological polar surface area (TPSA) is 140 Å². The SMILES string of the molecule is CCCCCCCCCCCCCCCCC(O)CN(CCO[C@H]1CO[C@H](CO)[C@@H](O)[C@@H]1O)C(=O)C(O)CCCCCCCCCCCCCC. The molecule has 1 saturated heterocycles. The van der Waals surface area contributed by atoms with Crippen molar-refractivity contribution in [2.45, 2.75) is 230 Å². The van der Waals surface area contributed by atoms with E-state index in [2.05, 4.69) is 13.8 Å². The van der Waals surface area contributed by atoms with Crippen LogP contribution in [0.1, 0.15) is 194 Å². The molecule has 5 N–H and O–H groups in total. The molecule has 0 aliphatic carbocycles. The van der Waals surface area contributed by atoms with Gasteiger partial charge in [0.15, 0.2) is 0 Å². The van der Waals surface area contributed by atoms with Crippen molar-refractivity contribution in [3.05, 3.63) is 0 Å². The van der Waals surface area contributed by atoms with E-state index in [1.54, 1.807) is 0 Å². The lowest BCUT2D eigenvalue weighted by atomic mass is 10.0. The predicted octanol–water partition coefficient (Wildman–Crippen LogP) is 8.00. The quantitative estimate of drug-likeness (QED) is 0.0409. The van der Waals surface area contributed by atoms with E-state index in [4.69, 9.17) is 9.47 Å². The second-order valence-electron chi connectivity index (χ2n) is 15.5. The molecule has 0 spiro atoms. The Balaban J connectivity index is 2.38. The van der Waals surface area contributed by atoms with Crippen LogP contribution in [0.2, 0.25) is 0 Å². The van der Waals surface area contributed by atoms with Gasteiger partial charge in [-0.3, -0.25) is 4.79 Å². The smallest absolute Gasteiger partial charge is 0.251 e. The highest BCUT2D eigenvalue weighted by atomic mass is 16.6. The third kappa shape index (κ3) is 25.0. The standard InChI is InChI=1S/C42H83NO8/c1-3-5-7-9-11-13-15-17-18-19-21-23-25-27-29-36(45)33-43(31-32-50-39-35-51-38(34-44)40(47)41(39)48)42(49)37(46)30-28-26-24-22-20-16-14-12-10-8-6-4-2/h36-41,44-48H,3-35H2,1-2H3/t36?,37?,38-,39+,40-,41-/m1/s1. The van der Waals surface area contributed by atoms with Gasteiger partial charge in [-0.2, -0.15) is 0 Å². The van der Waals surface area contributed by atoms with Crippen molar-refractivity contribution in [2.75, 3.05) is 32.9 Å². The van der Waals surface area contributed by atoms with E-state index in [-0.39, 0.29) is 26.3 Å². The average Bonchev–Trinajstić information content (AvgIpc) is 3.13. The molecule has 0 bridgehead atoms. The maximum atomic E-state index is 13.4. The zero-order valence-electron chi connectivity index (χ0n) is 33.2. The van der Waals surface area contributed by atoms with Crippen molar-refractivity contribution in [2.24, 2.45) is 0 Å². The molecular weight excluding hydrogens is 646 g/mol. The van der Waals surface area contributed by atoms with E-state index < -0.39 is 49.1 Å². The lowest BCUT2D eigenvalue weighted by Crippen LogP contribution is -2.55. The van der Waals surface area contributed by atoms with Gasteiger partial charge in [-0.1, -0.05) is 181 Å². The zero-order valence-corrected chi connectivity index (χ0v) is 33.2. The molecule has 1 fully saturated rings. The fourth-order valence-electron chi connectivity index (χ4n) is 7.20. The fourth-order valence-corrected chi connectivity index (χ4v) is 7.20. The van der Waals surface area contributed by atoms with Crippen LogP contribution in [0, 0.1) is 0 Å². The first kappa shape index (κ1) is 48.2. The molecule has 304 valence electrons. The molecular formula is C42H83NO8. The van der Waals surface area contributed by atoms with E-state index in [1.807, 2.05) is 0 Å². The predicted molar refractivity (Wildman–Crippen MR) is 208 cm³/mol. The summed E-state index contributed by atoms with van der Waals surface area (Å²) >= 11 is 0. The van der Waals surface area contributed by atoms with E-state index in [0.717, 1.165) is 38.5 Å². The number of hydrogen-bond acceptors (Lipinski definition) is 8. The summed E-state index contributed by atoms with van der Waals surface area (Å²) in [7, 11) is 0. The Kier molecular flexibility index (Phi) is 31.9. The second kappa shape index (κ2) is 33.7. The lowest BCUT2D eigenvalue weighted by molar-refractivity contribution is -0.209. The van der Waals surface area contributed by atoms with Crippen LogP contribution in [0.25, 0.3) is 0 Å². The first-order chi connectivity index (χ1) is 24.8. The molecule has 1 aliphatic heterocycles. The van der Waals surface area contributed by atoms with Gasteiger partial charge in [0.25, 0.3) is 5.91 Å². The van der Waals surface area contributed by atoms with Crippen LogP contribution in [-0.2, 0) is 14.3 Å². The Morgan fingerprint density at radius 3 is 1.49 bits per heavy atom. The molecule has 2 unspecified atom stereocenters. The highest BCUT2D eigenvalue weighted by Crippen LogP contribution is 2.19. The first-order valence-corrected chi connectivity index (χ1v) is 21.7. The molecule has 51 heavy (non-hydrogen) atoms. The van der Waals surface area contributed by atoms with Crippen LogP contribution in [-0.4, -0.2) is 106 Å². The molecule has 9 heteroatoms. The molecule has 0 aromatic carbocycles. The summed E-state index contributed by atoms with van der Waals surface area (Å²) in [5.41, 5.74) is 0. The number of carbonyl (C=O) groups excluding carboxylic acids is 1. The van der Waals surface area contributed by atoms with Gasteiger partial charge in [0.05, 0.1) is 25.9 Å². The van der Waals surface area contributed by atoms with Crippen molar-refractivity contribution >= 4 is 5.91 Å². The van der Waals surface area contributed by atoms with Crippen LogP contribution in [0.4, 0.5) is 0 Å². The third-order valence-electron chi connectivity index (χ3n) is 10.7. The summed E-state index contributed by atoms with van der Waals surface area (Å²) in [5, 5.41) is 51.6. The Labute approximate surface area is 313 Å². The normalized spacial score (nSPS) is 20.5. The Hall–Kier alpha value is -0.810. The van der Waals surface area contributed by atoms with Gasteiger partial charge in [-0.05, 0) is 12.8 Å². The summed E-state index contributed by atoms with van der Waals surface area (Å²) in [6, 6.07) is 0. The number of rotatable bonds is 36. The van der Waals surface area contributed by atoms with E-state index >= 15 is 0 Å². The molecule has 1 heterocycles. The van der Waals surface area contributed by atoms with Crippen molar-refractivity contribution < 1.29 is 39.8 Å². The number of ether oxygens (including phenoxy) is 2. The number of aliphatic hydroxyl groups excluding tert-OH is 5. The molecule has 1 rings (SSSR count). The summed E-state index contributed by atoms with van der Waals surface area (Å²) in [4.78, 5) is 14.8. The number of nitrogens with zero attached hydrogens (tertiary/aromatic N) is 1. The van der Waals surface area contributed by atoms with Gasteiger partial charge in [0.1, 0.15) is 30.5 Å². The maximum Gasteiger partial charge on any atom is 0.251 e. The van der Waals surface area contributed by atoms with E-state index in [0.29, 0.717) is 12.8 Å². The summed E-state index contributed by atoms with van der Waals surface area (Å²) in [6.07, 6.45) is 27.4. The largest absolute Gasteiger partial charge is 0.394 e. The van der Waals surface area contributed by atoms with Crippen LogP contribution in [0.15, 0.2) is 0 Å². The molecule has 9 nitrogen and oxygen atoms in total. The number of unbranched alkanes of at least 4 members (excludes halogenated alkanes) is 24. The van der Waals surface area contributed by atoms with Crippen molar-refractivity contribution in [3.63, 3.8) is 0 Å². The second-order valence-corrected chi connectivity index (χ2v) is 15.5. The minimum atomic E-state index is -1.27. The summed E-state index contributed by atoms with van der Waals surface area (Å²) in [6.45, 7) is 4.45. The Bertz CT molecular complexity index is 773. The highest BCUT2D eigenvalue weighted by Gasteiger charge is 2.38. The number of amides is 1. The van der Waals surface area contributed by atoms with Crippen LogP contribution in [0.5, 0.6) is 0 Å². The lowest BCUT2D eigenvalue weighted by Gasteiger charge is -2.37. The van der Waals surface area contributed by atoms with Gasteiger partial charge in [0.2, 0.25) is 0 Å². The number of carbonyl (C=O) groups is 1. The number of hydrogen-bond donors (Lipinski definition) is 5. The van der Waals surface area contributed by atoms with Gasteiger partial charge in [-0.15, -0.1) is 0 Å². The van der Waals surface area contributed by atoms with E-state index in [9.17, 15) is 30.3 Å². The Morgan fingerprint density at radius 1 is 0.647 bits per heavy atom. The van der Waals surface area contributed by atoms with Crippen LogP contribution >= 0.6 is 0 Å². The summed E-state index contributed by atoms with van der Waals surface area (Å²) in [5.74, 6) is -0.400. The highest BCUT2D eigenvalue weighted by molar-refractivity contribution is 5.80. The minimum Gasteiger partial charge on any atom is -0.394 e. The zero-order chi connectivity index (χ0) is 37.4. The van der Waals surface area contributed by atoms with E-state index in [1.165, 1.54) is 133 Å². The van der Waals surface area contributed by atoms with Crippen LogP contribution < -0.4 is 0 Å². The molecule has 0 radical (unpaired) electrons. The molecule has 0 aromatic rings. The molecule has 1 amide bonds. The first-order valence-electron chi connectivity index (χ1n) is 21.7.